The number of benzene rings is 1. The van der Waals surface area contributed by atoms with Gasteiger partial charge in [0.1, 0.15) is 0 Å². The van der Waals surface area contributed by atoms with Crippen LogP contribution in [0.4, 0.5) is 0 Å². The molecule has 0 spiro atoms. The van der Waals surface area contributed by atoms with Gasteiger partial charge in [0.05, 0.1) is 6.54 Å². The van der Waals surface area contributed by atoms with Crippen LogP contribution in [-0.4, -0.2) is 31.0 Å². The van der Waals surface area contributed by atoms with Crippen LogP contribution >= 0.6 is 35.6 Å². The number of carbonyl (C=O) groups is 1. The molecule has 1 atom stereocenters. The first-order valence-corrected chi connectivity index (χ1v) is 8.48. The highest BCUT2D eigenvalue weighted by Gasteiger charge is 2.05. The van der Waals surface area contributed by atoms with Gasteiger partial charge in [-0.2, -0.15) is 0 Å². The summed E-state index contributed by atoms with van der Waals surface area (Å²) in [6.45, 7) is 7.90. The number of nitrogens with one attached hydrogen (secondary N) is 3. The maximum absolute atomic E-state index is 11.7. The van der Waals surface area contributed by atoms with Crippen LogP contribution in [0.2, 0.25) is 5.02 Å². The van der Waals surface area contributed by atoms with Gasteiger partial charge in [-0.1, -0.05) is 30.7 Å². The number of guanidine groups is 1. The number of carbonyl (C=O) groups excluding carboxylic acids is 1. The van der Waals surface area contributed by atoms with Crippen LogP contribution in [0.5, 0.6) is 0 Å². The molecule has 24 heavy (non-hydrogen) atoms. The highest BCUT2D eigenvalue weighted by atomic mass is 127. The lowest BCUT2D eigenvalue weighted by Crippen LogP contribution is -2.40. The summed E-state index contributed by atoms with van der Waals surface area (Å²) in [6, 6.07) is 7.85. The fourth-order valence-corrected chi connectivity index (χ4v) is 2.10. The molecule has 1 rings (SSSR count). The van der Waals surface area contributed by atoms with Crippen LogP contribution in [-0.2, 0) is 11.3 Å². The van der Waals surface area contributed by atoms with Crippen molar-refractivity contribution < 1.29 is 4.79 Å². The van der Waals surface area contributed by atoms with Crippen LogP contribution in [0.25, 0.3) is 0 Å². The maximum Gasteiger partial charge on any atom is 0.221 e. The minimum atomic E-state index is 0. The molecule has 3 N–H and O–H groups in total. The minimum Gasteiger partial charge on any atom is -0.357 e. The van der Waals surface area contributed by atoms with Crippen molar-refractivity contribution >= 4 is 47.4 Å². The molecular weight excluding hydrogens is 439 g/mol. The summed E-state index contributed by atoms with van der Waals surface area (Å²) in [5.74, 6) is 0.751. The summed E-state index contributed by atoms with van der Waals surface area (Å²) in [7, 11) is 0. The molecule has 0 aliphatic heterocycles. The average molecular weight is 467 g/mol. The number of nitrogens with zero attached hydrogens (tertiary/aromatic N) is 1. The molecule has 0 fully saturated rings. The predicted octanol–water partition coefficient (Wildman–Crippen LogP) is 3.32. The molecule has 0 heterocycles. The largest absolute Gasteiger partial charge is 0.357 e. The molecule has 7 heteroatoms. The Bertz CT molecular complexity index is 525. The van der Waals surface area contributed by atoms with E-state index >= 15 is 0 Å². The second-order valence-corrected chi connectivity index (χ2v) is 5.82. The fraction of sp³-hybridized carbons (Fsp3) is 0.529. The average Bonchev–Trinajstić information content (AvgIpc) is 2.52. The molecule has 0 radical (unpaired) electrons. The molecule has 1 unspecified atom stereocenters. The molecule has 0 saturated carbocycles. The zero-order valence-corrected chi connectivity index (χ0v) is 17.7. The highest BCUT2D eigenvalue weighted by molar-refractivity contribution is 14.0. The lowest BCUT2D eigenvalue weighted by atomic mass is 10.2. The van der Waals surface area contributed by atoms with Gasteiger partial charge in [-0.25, -0.2) is 4.99 Å². The van der Waals surface area contributed by atoms with Crippen molar-refractivity contribution in [3.63, 3.8) is 0 Å². The van der Waals surface area contributed by atoms with Gasteiger partial charge in [0.25, 0.3) is 0 Å². The van der Waals surface area contributed by atoms with Crippen molar-refractivity contribution in [3.8, 4) is 0 Å². The van der Waals surface area contributed by atoms with Crippen LogP contribution in [0, 0.1) is 0 Å². The zero-order valence-electron chi connectivity index (χ0n) is 14.6. The standard InChI is InChI=1S/C17H27ClN4O.HI/c1-4-13(3)22-16(23)9-10-20-17(19-5-2)21-12-14-7-6-8-15(18)11-14;/h6-8,11,13H,4-5,9-10,12H2,1-3H3,(H,22,23)(H2,19,20,21);1H. The van der Waals surface area contributed by atoms with E-state index < -0.39 is 0 Å². The summed E-state index contributed by atoms with van der Waals surface area (Å²) in [5, 5.41) is 9.99. The molecule has 5 nitrogen and oxygen atoms in total. The molecule has 1 aromatic rings. The lowest BCUT2D eigenvalue weighted by Gasteiger charge is -2.13. The molecule has 0 aliphatic rings. The molecule has 0 aromatic heterocycles. The van der Waals surface area contributed by atoms with Gasteiger partial charge in [-0.15, -0.1) is 24.0 Å². The Hall–Kier alpha value is -1.02. The van der Waals surface area contributed by atoms with Gasteiger partial charge in [0, 0.05) is 30.6 Å². The number of rotatable bonds is 8. The van der Waals surface area contributed by atoms with E-state index in [0.717, 1.165) is 18.5 Å². The summed E-state index contributed by atoms with van der Waals surface area (Å²) in [6.07, 6.45) is 1.36. The Morgan fingerprint density at radius 2 is 2.04 bits per heavy atom. The number of aliphatic imine (C=N–C) groups is 1. The third-order valence-electron chi connectivity index (χ3n) is 3.32. The zero-order chi connectivity index (χ0) is 17.1. The fourth-order valence-electron chi connectivity index (χ4n) is 1.89. The van der Waals surface area contributed by atoms with Gasteiger partial charge in [0.15, 0.2) is 5.96 Å². The van der Waals surface area contributed by atoms with Gasteiger partial charge in [0.2, 0.25) is 5.91 Å². The topological polar surface area (TPSA) is 65.5 Å². The lowest BCUT2D eigenvalue weighted by molar-refractivity contribution is -0.121. The van der Waals surface area contributed by atoms with Gasteiger partial charge >= 0.3 is 0 Å². The summed E-state index contributed by atoms with van der Waals surface area (Å²) < 4.78 is 0. The predicted molar refractivity (Wildman–Crippen MR) is 112 cm³/mol. The summed E-state index contributed by atoms with van der Waals surface area (Å²) in [5.41, 5.74) is 1.05. The van der Waals surface area contributed by atoms with Crippen LogP contribution in [0.15, 0.2) is 29.3 Å². The Morgan fingerprint density at radius 3 is 2.67 bits per heavy atom. The Balaban J connectivity index is 0.00000529. The van der Waals surface area contributed by atoms with Crippen molar-refractivity contribution in [2.45, 2.75) is 46.2 Å². The Kier molecular flexibility index (Phi) is 12.7. The van der Waals surface area contributed by atoms with E-state index in [0.29, 0.717) is 30.5 Å². The first-order valence-electron chi connectivity index (χ1n) is 8.11. The highest BCUT2D eigenvalue weighted by Crippen LogP contribution is 2.11. The van der Waals surface area contributed by atoms with E-state index in [9.17, 15) is 4.79 Å². The van der Waals surface area contributed by atoms with E-state index in [-0.39, 0.29) is 35.9 Å². The third-order valence-corrected chi connectivity index (χ3v) is 3.55. The van der Waals surface area contributed by atoms with Gasteiger partial charge in [-0.05, 0) is 38.0 Å². The van der Waals surface area contributed by atoms with Crippen molar-refractivity contribution in [3.05, 3.63) is 34.9 Å². The first-order chi connectivity index (χ1) is 11.0. The SMILES string of the molecule is CCNC(=NCc1cccc(Cl)c1)NCCC(=O)NC(C)CC.I. The van der Waals surface area contributed by atoms with E-state index in [1.54, 1.807) is 0 Å². The normalized spacial score (nSPS) is 12.1. The smallest absolute Gasteiger partial charge is 0.221 e. The number of halogens is 2. The molecule has 1 aromatic carbocycles. The second-order valence-electron chi connectivity index (χ2n) is 5.38. The maximum atomic E-state index is 11.7. The van der Waals surface area contributed by atoms with Crippen molar-refractivity contribution in [2.75, 3.05) is 13.1 Å². The molecule has 0 bridgehead atoms. The van der Waals surface area contributed by atoms with E-state index in [1.165, 1.54) is 0 Å². The Morgan fingerprint density at radius 1 is 1.29 bits per heavy atom. The van der Waals surface area contributed by atoms with E-state index in [2.05, 4.69) is 27.9 Å². The van der Waals surface area contributed by atoms with Crippen molar-refractivity contribution in [1.82, 2.24) is 16.0 Å². The molecule has 1 amide bonds. The molecule has 136 valence electrons. The summed E-state index contributed by atoms with van der Waals surface area (Å²) >= 11 is 5.97. The molecule has 0 aliphatic carbocycles. The van der Waals surface area contributed by atoms with Gasteiger partial charge < -0.3 is 16.0 Å². The van der Waals surface area contributed by atoms with Crippen LogP contribution < -0.4 is 16.0 Å². The minimum absolute atomic E-state index is 0. The summed E-state index contributed by atoms with van der Waals surface area (Å²) in [4.78, 5) is 16.2. The van der Waals surface area contributed by atoms with Crippen molar-refractivity contribution in [2.24, 2.45) is 4.99 Å². The monoisotopic (exact) mass is 466 g/mol. The van der Waals surface area contributed by atoms with E-state index in [4.69, 9.17) is 11.6 Å². The van der Waals surface area contributed by atoms with E-state index in [1.807, 2.05) is 38.1 Å². The first kappa shape index (κ1) is 23.0. The molecule has 0 saturated heterocycles. The van der Waals surface area contributed by atoms with Crippen LogP contribution in [0.1, 0.15) is 39.2 Å². The quantitative estimate of drug-likeness (QED) is 0.313. The van der Waals surface area contributed by atoms with Crippen LogP contribution in [0.3, 0.4) is 0 Å². The number of amides is 1. The Labute approximate surface area is 167 Å². The number of hydrogen-bond acceptors (Lipinski definition) is 2. The molecular formula is C17H28ClIN4O. The second kappa shape index (κ2) is 13.3. The van der Waals surface area contributed by atoms with Crippen molar-refractivity contribution in [1.29, 1.82) is 0 Å². The number of hydrogen-bond donors (Lipinski definition) is 3. The van der Waals surface area contributed by atoms with Gasteiger partial charge in [-0.3, -0.25) is 4.79 Å². The third kappa shape index (κ3) is 9.97.